The predicted molar refractivity (Wildman–Crippen MR) is 139 cm³/mol. The van der Waals surface area contributed by atoms with Gasteiger partial charge in [-0.25, -0.2) is 0 Å². The molecule has 1 aliphatic heterocycles. The van der Waals surface area contributed by atoms with E-state index >= 15 is 0 Å². The molecular formula is C27H27ClF3N5O3. The van der Waals surface area contributed by atoms with Crippen LogP contribution in [0.4, 0.5) is 30.2 Å². The Labute approximate surface area is 228 Å². The standard InChI is InChI=1S/C27H27ClF3N5O3/c28-20-5-2-6-22-23(20)35-26(39)21(14-36(22)17-4-1-3-16(11-17)13-32)34-25(38)18(9-10-27(29,30)31)19(24(33)37)12-15-7-8-15/h1-6,11,15,18-19,21H,7-10,12,14H2,(H2,33,37)(H,34,38)(H,35,39)/t18?,19?,21-/m0/s1. The number of carbonyl (C=O) groups excluding carboxylic acids is 3. The van der Waals surface area contributed by atoms with Crippen molar-refractivity contribution in [2.24, 2.45) is 23.5 Å². The molecule has 2 aromatic rings. The van der Waals surface area contributed by atoms with Crippen LogP contribution in [-0.2, 0) is 14.4 Å². The van der Waals surface area contributed by atoms with E-state index in [0.717, 1.165) is 12.8 Å². The van der Waals surface area contributed by atoms with Crippen molar-refractivity contribution in [1.29, 1.82) is 5.26 Å². The summed E-state index contributed by atoms with van der Waals surface area (Å²) in [4.78, 5) is 40.7. The number of para-hydroxylation sites is 1. The highest BCUT2D eigenvalue weighted by molar-refractivity contribution is 6.34. The number of amides is 3. The smallest absolute Gasteiger partial charge is 0.369 e. The van der Waals surface area contributed by atoms with Crippen molar-refractivity contribution in [2.75, 3.05) is 16.8 Å². The number of primary amides is 1. The topological polar surface area (TPSA) is 128 Å². The minimum Gasteiger partial charge on any atom is -0.369 e. The number of anilines is 3. The summed E-state index contributed by atoms with van der Waals surface area (Å²) in [6.45, 7) is -0.115. The zero-order valence-corrected chi connectivity index (χ0v) is 21.6. The third-order valence-corrected chi connectivity index (χ3v) is 7.34. The molecule has 2 unspecified atom stereocenters. The Kier molecular flexibility index (Phi) is 8.35. The summed E-state index contributed by atoms with van der Waals surface area (Å²) in [5.74, 6) is -4.66. The van der Waals surface area contributed by atoms with Gasteiger partial charge in [0.05, 0.1) is 34.6 Å². The van der Waals surface area contributed by atoms with Crippen molar-refractivity contribution < 1.29 is 27.6 Å². The SMILES string of the molecule is N#Cc1cccc(N2C[C@H](NC(=O)C(CCC(F)(F)F)C(CC3CC3)C(N)=O)C(=O)Nc3c(Cl)cccc32)c1. The molecule has 0 bridgehead atoms. The second-order valence-electron chi connectivity index (χ2n) is 9.91. The molecule has 1 saturated carbocycles. The minimum atomic E-state index is -4.54. The van der Waals surface area contributed by atoms with E-state index < -0.39 is 54.6 Å². The molecule has 39 heavy (non-hydrogen) atoms. The van der Waals surface area contributed by atoms with Crippen LogP contribution in [0.3, 0.4) is 0 Å². The van der Waals surface area contributed by atoms with Gasteiger partial charge in [-0.1, -0.05) is 36.6 Å². The maximum atomic E-state index is 13.5. The number of hydrogen-bond acceptors (Lipinski definition) is 5. The van der Waals surface area contributed by atoms with E-state index in [9.17, 15) is 32.8 Å². The highest BCUT2D eigenvalue weighted by Gasteiger charge is 2.41. The Morgan fingerprint density at radius 3 is 2.56 bits per heavy atom. The Morgan fingerprint density at radius 1 is 1.21 bits per heavy atom. The van der Waals surface area contributed by atoms with E-state index in [1.165, 1.54) is 0 Å². The molecule has 206 valence electrons. The van der Waals surface area contributed by atoms with Crippen molar-refractivity contribution in [2.45, 2.75) is 44.3 Å². The van der Waals surface area contributed by atoms with Gasteiger partial charge in [0.15, 0.2) is 0 Å². The van der Waals surface area contributed by atoms with Gasteiger partial charge in [0.25, 0.3) is 0 Å². The van der Waals surface area contributed by atoms with Gasteiger partial charge in [0.1, 0.15) is 6.04 Å². The van der Waals surface area contributed by atoms with Crippen LogP contribution in [0.1, 0.15) is 37.7 Å². The van der Waals surface area contributed by atoms with E-state index in [2.05, 4.69) is 16.7 Å². The molecule has 3 amide bonds. The first-order valence-electron chi connectivity index (χ1n) is 12.5. The van der Waals surface area contributed by atoms with Crippen molar-refractivity contribution in [3.63, 3.8) is 0 Å². The molecule has 1 fully saturated rings. The van der Waals surface area contributed by atoms with Crippen LogP contribution in [0.15, 0.2) is 42.5 Å². The van der Waals surface area contributed by atoms with Crippen LogP contribution in [0.2, 0.25) is 5.02 Å². The van der Waals surface area contributed by atoms with Crippen LogP contribution < -0.4 is 21.3 Å². The molecule has 1 heterocycles. The van der Waals surface area contributed by atoms with Gasteiger partial charge in [0.2, 0.25) is 17.7 Å². The fourth-order valence-electron chi connectivity index (χ4n) is 4.84. The monoisotopic (exact) mass is 561 g/mol. The van der Waals surface area contributed by atoms with Gasteiger partial charge < -0.3 is 21.3 Å². The van der Waals surface area contributed by atoms with Gasteiger partial charge in [0, 0.05) is 23.9 Å². The van der Waals surface area contributed by atoms with Crippen LogP contribution in [0.25, 0.3) is 0 Å². The molecule has 8 nitrogen and oxygen atoms in total. The molecule has 12 heteroatoms. The summed E-state index contributed by atoms with van der Waals surface area (Å²) in [6, 6.07) is 12.4. The molecule has 4 N–H and O–H groups in total. The van der Waals surface area contributed by atoms with Crippen LogP contribution in [0.5, 0.6) is 0 Å². The molecule has 0 saturated heterocycles. The molecule has 4 rings (SSSR count). The molecular weight excluding hydrogens is 535 g/mol. The first kappa shape index (κ1) is 28.2. The maximum Gasteiger partial charge on any atom is 0.389 e. The van der Waals surface area contributed by atoms with Gasteiger partial charge in [-0.15, -0.1) is 0 Å². The number of halogens is 4. The molecule has 1 aliphatic carbocycles. The lowest BCUT2D eigenvalue weighted by Gasteiger charge is -2.29. The first-order valence-corrected chi connectivity index (χ1v) is 12.9. The number of alkyl halides is 3. The van der Waals surface area contributed by atoms with E-state index in [4.69, 9.17) is 17.3 Å². The zero-order valence-electron chi connectivity index (χ0n) is 20.8. The zero-order chi connectivity index (χ0) is 28.3. The van der Waals surface area contributed by atoms with E-state index in [1.807, 2.05) is 0 Å². The predicted octanol–water partition coefficient (Wildman–Crippen LogP) is 4.65. The summed E-state index contributed by atoms with van der Waals surface area (Å²) in [5.41, 5.74) is 7.22. The summed E-state index contributed by atoms with van der Waals surface area (Å²) in [6.07, 6.45) is -4.60. The van der Waals surface area contributed by atoms with E-state index in [1.54, 1.807) is 47.4 Å². The number of nitriles is 1. The average Bonchev–Trinajstić information content (AvgIpc) is 3.71. The van der Waals surface area contributed by atoms with Crippen molar-refractivity contribution >= 4 is 46.4 Å². The maximum absolute atomic E-state index is 13.5. The van der Waals surface area contributed by atoms with Gasteiger partial charge >= 0.3 is 6.18 Å². The second-order valence-corrected chi connectivity index (χ2v) is 10.3. The van der Waals surface area contributed by atoms with Crippen LogP contribution in [-0.4, -0.2) is 36.5 Å². The number of nitrogens with two attached hydrogens (primary N) is 1. The third kappa shape index (κ3) is 7.00. The largest absolute Gasteiger partial charge is 0.389 e. The molecule has 2 aliphatic rings. The molecule has 0 spiro atoms. The van der Waals surface area contributed by atoms with Gasteiger partial charge in [-0.05, 0) is 49.1 Å². The number of fused-ring (bicyclic) bond motifs is 1. The molecule has 3 atom stereocenters. The van der Waals surface area contributed by atoms with Crippen LogP contribution >= 0.6 is 11.6 Å². The highest BCUT2D eigenvalue weighted by Crippen LogP contribution is 2.41. The summed E-state index contributed by atoms with van der Waals surface area (Å²) >= 11 is 6.37. The number of hydrogen-bond donors (Lipinski definition) is 3. The van der Waals surface area contributed by atoms with Crippen molar-refractivity contribution in [3.8, 4) is 6.07 Å². The van der Waals surface area contributed by atoms with E-state index in [-0.39, 0.29) is 29.6 Å². The van der Waals surface area contributed by atoms with Crippen LogP contribution in [0, 0.1) is 29.1 Å². The molecule has 2 aromatic carbocycles. The Bertz CT molecular complexity index is 1310. The Morgan fingerprint density at radius 2 is 1.92 bits per heavy atom. The lowest BCUT2D eigenvalue weighted by molar-refractivity contribution is -0.146. The van der Waals surface area contributed by atoms with Gasteiger partial charge in [-0.3, -0.25) is 14.4 Å². The highest BCUT2D eigenvalue weighted by atomic mass is 35.5. The Hall–Kier alpha value is -3.78. The summed E-state index contributed by atoms with van der Waals surface area (Å²) in [5, 5.41) is 14.9. The number of rotatable bonds is 9. The first-order chi connectivity index (χ1) is 18.5. The fraction of sp³-hybridized carbons (Fsp3) is 0.407. The second kappa shape index (κ2) is 11.5. The molecule has 0 radical (unpaired) electrons. The number of nitrogens with zero attached hydrogens (tertiary/aromatic N) is 2. The number of benzene rings is 2. The summed E-state index contributed by atoms with van der Waals surface area (Å²) in [7, 11) is 0. The minimum absolute atomic E-state index is 0.115. The average molecular weight is 562 g/mol. The lowest BCUT2D eigenvalue weighted by atomic mass is 9.83. The van der Waals surface area contributed by atoms with Crippen molar-refractivity contribution in [1.82, 2.24) is 5.32 Å². The normalized spacial score (nSPS) is 18.7. The van der Waals surface area contributed by atoms with Gasteiger partial charge in [-0.2, -0.15) is 18.4 Å². The lowest BCUT2D eigenvalue weighted by Crippen LogP contribution is -2.52. The van der Waals surface area contributed by atoms with Crippen molar-refractivity contribution in [3.05, 3.63) is 53.1 Å². The number of carbonyl (C=O) groups is 3. The fourth-order valence-corrected chi connectivity index (χ4v) is 5.06. The quantitative estimate of drug-likeness (QED) is 0.411. The summed E-state index contributed by atoms with van der Waals surface area (Å²) < 4.78 is 39.4. The number of nitrogens with one attached hydrogen (secondary N) is 2. The van der Waals surface area contributed by atoms with E-state index in [0.29, 0.717) is 16.9 Å². The molecule has 0 aromatic heterocycles. The Balaban J connectivity index is 1.65. The third-order valence-electron chi connectivity index (χ3n) is 7.03.